The number of aliphatic carboxylic acids is 1. The van der Waals surface area contributed by atoms with Gasteiger partial charge in [0.25, 0.3) is 0 Å². The molecule has 0 saturated heterocycles. The molecule has 26 heavy (non-hydrogen) atoms. The normalized spacial score (nSPS) is 12.0. The lowest BCUT2D eigenvalue weighted by atomic mass is 9.96. The molecule has 0 spiro atoms. The van der Waals surface area contributed by atoms with E-state index < -0.39 is 23.3 Å². The lowest BCUT2D eigenvalue weighted by Gasteiger charge is -2.21. The topological polar surface area (TPSA) is 114 Å². The summed E-state index contributed by atoms with van der Waals surface area (Å²) in [7, 11) is 2.95. The van der Waals surface area contributed by atoms with Crippen LogP contribution in [-0.2, 0) is 14.4 Å². The molecule has 0 bridgehead atoms. The van der Waals surface area contributed by atoms with E-state index >= 15 is 0 Å². The van der Waals surface area contributed by atoms with Crippen molar-refractivity contribution in [2.45, 2.75) is 33.2 Å². The van der Waals surface area contributed by atoms with Crippen molar-refractivity contribution in [2.75, 3.05) is 20.8 Å². The molecule has 0 aliphatic heterocycles. The van der Waals surface area contributed by atoms with Gasteiger partial charge in [0.2, 0.25) is 11.8 Å². The van der Waals surface area contributed by atoms with Crippen molar-refractivity contribution in [1.82, 2.24) is 10.6 Å². The summed E-state index contributed by atoms with van der Waals surface area (Å²) in [6.07, 6.45) is -0.332. The summed E-state index contributed by atoms with van der Waals surface area (Å²) in [6.45, 7) is 4.95. The predicted molar refractivity (Wildman–Crippen MR) is 95.1 cm³/mol. The standard InChI is InChI=1S/C18H26N2O6/c1-18(2,3)17(24)19-10-15(21)20-13(9-16(22)23)12-7-6-11(25-4)8-14(12)26-5/h6-8,13H,9-10H2,1-5H3,(H,19,24)(H,20,21)(H,22,23). The van der Waals surface area contributed by atoms with Crippen LogP contribution >= 0.6 is 0 Å². The fourth-order valence-corrected chi connectivity index (χ4v) is 2.19. The van der Waals surface area contributed by atoms with Crippen LogP contribution < -0.4 is 20.1 Å². The van der Waals surface area contributed by atoms with Gasteiger partial charge in [-0.25, -0.2) is 0 Å². The van der Waals surface area contributed by atoms with Crippen LogP contribution in [-0.4, -0.2) is 43.7 Å². The number of hydrogen-bond donors (Lipinski definition) is 3. The van der Waals surface area contributed by atoms with E-state index in [9.17, 15) is 14.4 Å². The van der Waals surface area contributed by atoms with Crippen LogP contribution in [0.1, 0.15) is 38.8 Å². The molecule has 144 valence electrons. The number of ether oxygens (including phenoxy) is 2. The quantitative estimate of drug-likeness (QED) is 0.642. The lowest BCUT2D eigenvalue weighted by molar-refractivity contribution is -0.138. The van der Waals surface area contributed by atoms with Crippen LogP contribution in [0.4, 0.5) is 0 Å². The van der Waals surface area contributed by atoms with Gasteiger partial charge in [0.05, 0.1) is 33.2 Å². The number of methoxy groups -OCH3 is 2. The summed E-state index contributed by atoms with van der Waals surface area (Å²) in [5.41, 5.74) is -0.119. The van der Waals surface area contributed by atoms with Crippen LogP contribution in [0.25, 0.3) is 0 Å². The molecule has 8 heteroatoms. The third-order valence-corrected chi connectivity index (χ3v) is 3.62. The first-order valence-corrected chi connectivity index (χ1v) is 8.10. The Kier molecular flexibility index (Phi) is 7.42. The number of nitrogens with one attached hydrogen (secondary N) is 2. The van der Waals surface area contributed by atoms with Gasteiger partial charge >= 0.3 is 5.97 Å². The summed E-state index contributed by atoms with van der Waals surface area (Å²) in [6, 6.07) is 4.09. The Morgan fingerprint density at radius 3 is 2.31 bits per heavy atom. The molecule has 1 aromatic carbocycles. The van der Waals surface area contributed by atoms with Crippen LogP contribution in [0.15, 0.2) is 18.2 Å². The Morgan fingerprint density at radius 1 is 1.15 bits per heavy atom. The second-order valence-electron chi connectivity index (χ2n) is 6.76. The van der Waals surface area contributed by atoms with E-state index in [1.807, 2.05) is 0 Å². The maximum Gasteiger partial charge on any atom is 0.305 e. The number of carbonyl (C=O) groups is 3. The van der Waals surface area contributed by atoms with Gasteiger partial charge in [-0.1, -0.05) is 20.8 Å². The Bertz CT molecular complexity index is 666. The molecule has 1 unspecified atom stereocenters. The summed E-state index contributed by atoms with van der Waals surface area (Å²) < 4.78 is 10.4. The number of benzene rings is 1. The molecule has 0 aromatic heterocycles. The van der Waals surface area contributed by atoms with E-state index in [2.05, 4.69) is 10.6 Å². The van der Waals surface area contributed by atoms with Crippen molar-refractivity contribution >= 4 is 17.8 Å². The van der Waals surface area contributed by atoms with Gasteiger partial charge < -0.3 is 25.2 Å². The number of hydrogen-bond acceptors (Lipinski definition) is 5. The molecule has 0 aliphatic carbocycles. The Morgan fingerprint density at radius 2 is 1.81 bits per heavy atom. The maximum absolute atomic E-state index is 12.2. The van der Waals surface area contributed by atoms with E-state index in [0.717, 1.165) is 0 Å². The molecule has 8 nitrogen and oxygen atoms in total. The van der Waals surface area contributed by atoms with Crippen LogP contribution in [0.3, 0.4) is 0 Å². The molecule has 0 heterocycles. The molecular weight excluding hydrogens is 340 g/mol. The van der Waals surface area contributed by atoms with Crippen molar-refractivity contribution < 1.29 is 29.0 Å². The Labute approximate surface area is 152 Å². The molecule has 0 aliphatic rings. The molecule has 1 atom stereocenters. The minimum atomic E-state index is -1.08. The lowest BCUT2D eigenvalue weighted by Crippen LogP contribution is -2.43. The predicted octanol–water partition coefficient (Wildman–Crippen LogP) is 1.50. The highest BCUT2D eigenvalue weighted by Crippen LogP contribution is 2.31. The van der Waals surface area contributed by atoms with Gasteiger partial charge in [-0.2, -0.15) is 0 Å². The van der Waals surface area contributed by atoms with Crippen molar-refractivity contribution in [3.63, 3.8) is 0 Å². The maximum atomic E-state index is 12.2. The van der Waals surface area contributed by atoms with E-state index in [1.165, 1.54) is 14.2 Å². The number of carbonyl (C=O) groups excluding carboxylic acids is 2. The van der Waals surface area contributed by atoms with Crippen LogP contribution in [0.5, 0.6) is 11.5 Å². The molecule has 1 rings (SSSR count). The van der Waals surface area contributed by atoms with Gasteiger partial charge in [-0.15, -0.1) is 0 Å². The van der Waals surface area contributed by atoms with Crippen molar-refractivity contribution in [3.05, 3.63) is 23.8 Å². The largest absolute Gasteiger partial charge is 0.497 e. The zero-order chi connectivity index (χ0) is 19.9. The Hall–Kier alpha value is -2.77. The first-order chi connectivity index (χ1) is 12.1. The van der Waals surface area contributed by atoms with E-state index in [-0.39, 0.29) is 18.9 Å². The fraction of sp³-hybridized carbons (Fsp3) is 0.500. The molecular formula is C18H26N2O6. The van der Waals surface area contributed by atoms with E-state index in [4.69, 9.17) is 14.6 Å². The summed E-state index contributed by atoms with van der Waals surface area (Å²) in [5.74, 6) is -0.902. The summed E-state index contributed by atoms with van der Waals surface area (Å²) in [4.78, 5) is 35.2. The SMILES string of the molecule is COc1ccc(C(CC(=O)O)NC(=O)CNC(=O)C(C)(C)C)c(OC)c1. The zero-order valence-electron chi connectivity index (χ0n) is 15.7. The zero-order valence-corrected chi connectivity index (χ0v) is 15.7. The summed E-state index contributed by atoms with van der Waals surface area (Å²) >= 11 is 0. The van der Waals surface area contributed by atoms with Crippen LogP contribution in [0.2, 0.25) is 0 Å². The summed E-state index contributed by atoms with van der Waals surface area (Å²) in [5, 5.41) is 14.3. The number of amides is 2. The fourth-order valence-electron chi connectivity index (χ4n) is 2.19. The van der Waals surface area contributed by atoms with Gasteiger partial charge in [0, 0.05) is 17.0 Å². The van der Waals surface area contributed by atoms with E-state index in [1.54, 1.807) is 39.0 Å². The van der Waals surface area contributed by atoms with Crippen LogP contribution in [0, 0.1) is 5.41 Å². The highest BCUT2D eigenvalue weighted by atomic mass is 16.5. The minimum absolute atomic E-state index is 0.245. The average Bonchev–Trinajstić information content (AvgIpc) is 2.57. The highest BCUT2D eigenvalue weighted by Gasteiger charge is 2.24. The van der Waals surface area contributed by atoms with Crippen molar-refractivity contribution in [3.8, 4) is 11.5 Å². The molecule has 1 aromatic rings. The molecule has 0 fully saturated rings. The van der Waals surface area contributed by atoms with Gasteiger partial charge in [-0.3, -0.25) is 14.4 Å². The third-order valence-electron chi connectivity index (χ3n) is 3.62. The van der Waals surface area contributed by atoms with E-state index in [0.29, 0.717) is 17.1 Å². The highest BCUT2D eigenvalue weighted by molar-refractivity contribution is 5.87. The van der Waals surface area contributed by atoms with Crippen molar-refractivity contribution in [1.29, 1.82) is 0 Å². The third kappa shape index (κ3) is 6.27. The number of carboxylic acids is 1. The van der Waals surface area contributed by atoms with Gasteiger partial charge in [0.1, 0.15) is 11.5 Å². The number of carboxylic acid groups (broad SMARTS) is 1. The van der Waals surface area contributed by atoms with Crippen molar-refractivity contribution in [2.24, 2.45) is 5.41 Å². The minimum Gasteiger partial charge on any atom is -0.497 e. The smallest absolute Gasteiger partial charge is 0.305 e. The number of rotatable bonds is 8. The monoisotopic (exact) mass is 366 g/mol. The average molecular weight is 366 g/mol. The van der Waals surface area contributed by atoms with Gasteiger partial charge in [-0.05, 0) is 12.1 Å². The first-order valence-electron chi connectivity index (χ1n) is 8.10. The molecule has 0 saturated carbocycles. The molecule has 2 amide bonds. The first kappa shape index (κ1) is 21.3. The molecule has 3 N–H and O–H groups in total. The Balaban J connectivity index is 2.93. The second-order valence-corrected chi connectivity index (χ2v) is 6.76. The second kappa shape index (κ2) is 9.07. The van der Waals surface area contributed by atoms with Gasteiger partial charge in [0.15, 0.2) is 0 Å². The molecule has 0 radical (unpaired) electrons.